The van der Waals surface area contributed by atoms with Crippen molar-refractivity contribution in [1.82, 2.24) is 15.0 Å². The van der Waals surface area contributed by atoms with E-state index < -0.39 is 19.1 Å². The molecule has 0 N–H and O–H groups in total. The van der Waals surface area contributed by atoms with Crippen LogP contribution in [0.3, 0.4) is 0 Å². The molecule has 10 rings (SSSR count). The maximum atomic E-state index is 9.85. The van der Waals surface area contributed by atoms with Gasteiger partial charge in [0, 0.05) is 43.5 Å². The molecule has 0 unspecified atom stereocenters. The number of hydrogen-bond donors (Lipinski definition) is 0. The number of aromatic nitrogens is 3. The van der Waals surface area contributed by atoms with Crippen LogP contribution in [0.1, 0.15) is 41.6 Å². The largest absolute Gasteiger partial charge is 0.256 e. The van der Waals surface area contributed by atoms with Crippen molar-refractivity contribution in [2.45, 2.75) is 38.4 Å². The topological polar surface area (TPSA) is 38.7 Å². The zero-order valence-corrected chi connectivity index (χ0v) is 36.5. The summed E-state index contributed by atoms with van der Waals surface area (Å²) >= 11 is 0. The van der Waals surface area contributed by atoms with Gasteiger partial charge in [-0.2, -0.15) is 0 Å². The van der Waals surface area contributed by atoms with Crippen LogP contribution in [-0.2, 0) is 38.4 Å². The van der Waals surface area contributed by atoms with Crippen molar-refractivity contribution in [2.75, 3.05) is 0 Å². The maximum absolute atomic E-state index is 9.85. The molecule has 318 valence electrons. The van der Waals surface area contributed by atoms with Crippen LogP contribution in [0.5, 0.6) is 0 Å². The van der Waals surface area contributed by atoms with E-state index in [1.165, 1.54) is 12.3 Å². The van der Waals surface area contributed by atoms with Gasteiger partial charge in [0.1, 0.15) is 0 Å². The molecule has 0 saturated carbocycles. The zero-order valence-electron chi connectivity index (χ0n) is 42.5. The first-order valence-corrected chi connectivity index (χ1v) is 22.4. The molecular formula is C63H51N3. The van der Waals surface area contributed by atoms with E-state index in [4.69, 9.17) is 15.0 Å². The summed E-state index contributed by atoms with van der Waals surface area (Å²) in [4.78, 5) is 14.3. The number of aryl methyl sites for hydroxylation is 6. The van der Waals surface area contributed by atoms with Gasteiger partial charge in [0.25, 0.3) is 0 Å². The molecule has 0 amide bonds. The van der Waals surface area contributed by atoms with Crippen molar-refractivity contribution in [3.63, 3.8) is 0 Å². The van der Waals surface area contributed by atoms with Gasteiger partial charge in [-0.1, -0.05) is 194 Å². The molecule has 0 aliphatic heterocycles. The van der Waals surface area contributed by atoms with Crippen LogP contribution < -0.4 is 0 Å². The van der Waals surface area contributed by atoms with Crippen molar-refractivity contribution >= 4 is 0 Å². The maximum Gasteiger partial charge on any atom is 0.0708 e. The van der Waals surface area contributed by atoms with E-state index in [1.54, 1.807) is 18.3 Å². The second-order valence-corrected chi connectivity index (χ2v) is 16.4. The van der Waals surface area contributed by atoms with Crippen molar-refractivity contribution in [2.24, 2.45) is 0 Å². The molecule has 7 aromatic carbocycles. The highest BCUT2D eigenvalue weighted by Crippen LogP contribution is 2.32. The molecule has 0 radical (unpaired) electrons. The van der Waals surface area contributed by atoms with E-state index in [9.17, 15) is 8.22 Å². The Balaban J connectivity index is 1.00. The second-order valence-electron chi connectivity index (χ2n) is 16.4. The van der Waals surface area contributed by atoms with E-state index in [0.29, 0.717) is 40.8 Å². The summed E-state index contributed by atoms with van der Waals surface area (Å²) in [5, 5.41) is 0. The third kappa shape index (κ3) is 10.3. The molecule has 10 aromatic rings. The minimum absolute atomic E-state index is 0.0331. The highest BCUT2D eigenvalue weighted by molar-refractivity contribution is 5.76. The Morgan fingerprint density at radius 2 is 0.727 bits per heavy atom. The minimum Gasteiger partial charge on any atom is -0.256 e. The SMILES string of the molecule is [2H]C([2H])(Cc1ccc(-c2cccc(-c3ccccc3)c2)nc1)c1cc(CCc2ccc(-c3ccccc3)nc2)cc(C([2H])([2H])C([2H])([2H])c2cnc(-c3ccccc3)cc2-c2ccc(-c3ccccc3)cc2)c1. The molecule has 0 aliphatic carbocycles. The quantitative estimate of drug-likeness (QED) is 0.103. The molecule has 66 heavy (non-hydrogen) atoms. The van der Waals surface area contributed by atoms with Crippen LogP contribution in [0.25, 0.3) is 67.2 Å². The molecule has 3 aromatic heterocycles. The third-order valence-corrected chi connectivity index (χ3v) is 11.8. The van der Waals surface area contributed by atoms with Crippen molar-refractivity contribution in [3.8, 4) is 67.2 Å². The van der Waals surface area contributed by atoms with E-state index in [2.05, 4.69) is 24.3 Å². The van der Waals surface area contributed by atoms with Crippen molar-refractivity contribution in [1.29, 1.82) is 0 Å². The molecule has 3 nitrogen and oxygen atoms in total. The summed E-state index contributed by atoms with van der Waals surface area (Å²) in [6.07, 6.45) is -1.35. The lowest BCUT2D eigenvalue weighted by molar-refractivity contribution is 0.897. The Hall–Kier alpha value is -8.01. The van der Waals surface area contributed by atoms with Crippen LogP contribution in [0, 0.1) is 0 Å². The summed E-state index contributed by atoms with van der Waals surface area (Å²) in [7, 11) is 0. The van der Waals surface area contributed by atoms with E-state index in [-0.39, 0.29) is 23.1 Å². The fraction of sp³-hybridized carbons (Fsp3) is 0.0952. The normalized spacial score (nSPS) is 13.1. The van der Waals surface area contributed by atoms with Gasteiger partial charge in [-0.3, -0.25) is 15.0 Å². The lowest BCUT2D eigenvalue weighted by atomic mass is 9.92. The monoisotopic (exact) mass is 855 g/mol. The van der Waals surface area contributed by atoms with Gasteiger partial charge in [0.2, 0.25) is 0 Å². The zero-order chi connectivity index (χ0) is 49.7. The number of hydrogen-bond acceptors (Lipinski definition) is 3. The summed E-state index contributed by atoms with van der Waals surface area (Å²) in [5.41, 5.74) is 13.2. The molecule has 0 spiro atoms. The smallest absolute Gasteiger partial charge is 0.0708 e. The number of pyridine rings is 3. The van der Waals surface area contributed by atoms with Gasteiger partial charge in [-0.15, -0.1) is 0 Å². The Morgan fingerprint density at radius 3 is 1.35 bits per heavy atom. The van der Waals surface area contributed by atoms with E-state index in [0.717, 1.165) is 55.9 Å². The summed E-state index contributed by atoms with van der Waals surface area (Å²) in [6, 6.07) is 70.6. The van der Waals surface area contributed by atoms with Crippen LogP contribution >= 0.6 is 0 Å². The Kier molecular flexibility index (Phi) is 10.8. The Labute approximate surface area is 397 Å². The van der Waals surface area contributed by atoms with Gasteiger partial charge in [0.15, 0.2) is 0 Å². The average Bonchev–Trinajstić information content (AvgIpc) is 3.43. The number of rotatable bonds is 15. The first-order valence-electron chi connectivity index (χ1n) is 25.4. The molecule has 0 fully saturated rings. The molecule has 3 heterocycles. The Morgan fingerprint density at radius 1 is 0.273 bits per heavy atom. The lowest BCUT2D eigenvalue weighted by Gasteiger charge is -2.14. The van der Waals surface area contributed by atoms with Gasteiger partial charge < -0.3 is 0 Å². The summed E-state index contributed by atoms with van der Waals surface area (Å²) in [6.45, 7) is 0. The molecule has 0 atom stereocenters. The highest BCUT2D eigenvalue weighted by atomic mass is 14.7. The first kappa shape index (κ1) is 35.4. The molecule has 0 aliphatic rings. The molecule has 0 saturated heterocycles. The van der Waals surface area contributed by atoms with E-state index in [1.807, 2.05) is 182 Å². The van der Waals surface area contributed by atoms with Gasteiger partial charge >= 0.3 is 0 Å². The van der Waals surface area contributed by atoms with Gasteiger partial charge in [0.05, 0.1) is 17.1 Å². The standard InChI is InChI=1S/C63H51N3/c1-5-14-51(15-6-1)53-32-34-54(35-33-53)60-42-63(56-20-11-4-12-21-56)66-45-59(60)31-28-50-39-48(26-24-46-29-36-61(64-43-46)55-18-9-3-10-19-55)38-49(40-50)27-25-47-30-37-62(65-44-47)58-23-13-22-57(41-58)52-16-7-2-8-17-52/h1-23,29-30,32-45H,24-28,31H2/i27D2,28D2,31D2. The summed E-state index contributed by atoms with van der Waals surface area (Å²) < 4.78 is 58.6. The molecule has 0 bridgehead atoms. The molecular weight excluding hydrogens is 799 g/mol. The van der Waals surface area contributed by atoms with Gasteiger partial charge in [-0.25, -0.2) is 0 Å². The predicted molar refractivity (Wildman–Crippen MR) is 274 cm³/mol. The summed E-state index contributed by atoms with van der Waals surface area (Å²) in [5.74, 6) is 0. The fourth-order valence-corrected chi connectivity index (χ4v) is 8.22. The van der Waals surface area contributed by atoms with Crippen LogP contribution in [0.4, 0.5) is 0 Å². The fourth-order valence-electron chi connectivity index (χ4n) is 8.22. The lowest BCUT2D eigenvalue weighted by Crippen LogP contribution is -2.01. The predicted octanol–water partition coefficient (Wildman–Crippen LogP) is 15.2. The Bertz CT molecular complexity index is 3420. The van der Waals surface area contributed by atoms with E-state index >= 15 is 0 Å². The van der Waals surface area contributed by atoms with Crippen LogP contribution in [0.2, 0.25) is 0 Å². The minimum atomic E-state index is -2.67. The molecule has 3 heteroatoms. The van der Waals surface area contributed by atoms with Gasteiger partial charge in [-0.05, 0) is 129 Å². The highest BCUT2D eigenvalue weighted by Gasteiger charge is 2.13. The van der Waals surface area contributed by atoms with Crippen molar-refractivity contribution in [3.05, 3.63) is 270 Å². The van der Waals surface area contributed by atoms with Crippen molar-refractivity contribution < 1.29 is 8.22 Å². The van der Waals surface area contributed by atoms with Crippen LogP contribution in [-0.4, -0.2) is 15.0 Å². The second kappa shape index (κ2) is 20.2. The van der Waals surface area contributed by atoms with Crippen LogP contribution in [0.15, 0.2) is 237 Å². The number of nitrogens with zero attached hydrogens (tertiary/aromatic N) is 3. The average molecular weight is 856 g/mol. The first-order chi connectivity index (χ1) is 34.9. The third-order valence-electron chi connectivity index (χ3n) is 11.8. The number of benzene rings is 7.